The Morgan fingerprint density at radius 2 is 1.77 bits per heavy atom. The minimum atomic E-state index is -0.226. The molecule has 2 aromatic rings. The number of rotatable bonds is 5. The van der Waals surface area contributed by atoms with Crippen LogP contribution in [0.25, 0.3) is 0 Å². The number of hydrogen-bond donors (Lipinski definition) is 2. The molecular weight excluding hydrogens is 422 g/mol. The summed E-state index contributed by atoms with van der Waals surface area (Å²) in [6.07, 6.45) is 0.903. The van der Waals surface area contributed by atoms with Gasteiger partial charge in [0.05, 0.1) is 6.54 Å². The van der Waals surface area contributed by atoms with Gasteiger partial charge in [0.15, 0.2) is 0 Å². The topological polar surface area (TPSA) is 70.7 Å². The van der Waals surface area contributed by atoms with Gasteiger partial charge in [-0.05, 0) is 42.0 Å². The van der Waals surface area contributed by atoms with Gasteiger partial charge in [0.25, 0.3) is 0 Å². The highest BCUT2D eigenvalue weighted by molar-refractivity contribution is 8.00. The monoisotopic (exact) mass is 447 g/mol. The molecule has 4 rings (SSSR count). The Balaban J connectivity index is 0.00000256. The van der Waals surface area contributed by atoms with E-state index in [1.54, 1.807) is 11.8 Å². The van der Waals surface area contributed by atoms with E-state index in [1.807, 2.05) is 54.6 Å². The van der Waals surface area contributed by atoms with Crippen LogP contribution in [-0.4, -0.2) is 54.7 Å². The van der Waals surface area contributed by atoms with E-state index in [4.69, 9.17) is 4.74 Å². The fraction of sp³-hybridized carbons (Fsp3) is 0.364. The summed E-state index contributed by atoms with van der Waals surface area (Å²) in [4.78, 5) is 26.5. The van der Waals surface area contributed by atoms with Gasteiger partial charge in [0.2, 0.25) is 11.8 Å². The van der Waals surface area contributed by atoms with E-state index in [1.165, 1.54) is 0 Å². The minimum Gasteiger partial charge on any atom is -0.457 e. The molecule has 2 aliphatic heterocycles. The molecule has 2 atom stereocenters. The molecule has 0 bridgehead atoms. The molecule has 2 saturated heterocycles. The fourth-order valence-corrected chi connectivity index (χ4v) is 4.86. The molecule has 0 unspecified atom stereocenters. The van der Waals surface area contributed by atoms with Gasteiger partial charge >= 0.3 is 0 Å². The first-order valence-electron chi connectivity index (χ1n) is 9.91. The van der Waals surface area contributed by atoms with Gasteiger partial charge in [-0.15, -0.1) is 24.2 Å². The highest BCUT2D eigenvalue weighted by atomic mass is 35.5. The van der Waals surface area contributed by atoms with Crippen molar-refractivity contribution >= 4 is 36.0 Å². The van der Waals surface area contributed by atoms with E-state index in [0.717, 1.165) is 42.3 Å². The maximum absolute atomic E-state index is 12.8. The third kappa shape index (κ3) is 5.90. The molecule has 0 aromatic heterocycles. The first-order valence-corrected chi connectivity index (χ1v) is 11.0. The smallest absolute Gasteiger partial charge is 0.237 e. The van der Waals surface area contributed by atoms with Crippen LogP contribution in [0.5, 0.6) is 11.5 Å². The molecule has 2 heterocycles. The van der Waals surface area contributed by atoms with Crippen molar-refractivity contribution in [3.8, 4) is 11.5 Å². The zero-order valence-corrected chi connectivity index (χ0v) is 18.2. The fourth-order valence-electron chi connectivity index (χ4n) is 3.63. The standard InChI is InChI=1S/C22H25N3O3S.ClH/c26-20-15-25(12-11-23-20)14-17-10-13-29-21(22(27)24-17)16-6-8-19(9-7-16)28-18-4-2-1-3-5-18;/h1-9,17,21H,10-15H2,(H,23,26)(H,24,27);1H/t17-,21+;/m0./s1. The van der Waals surface area contributed by atoms with E-state index in [9.17, 15) is 9.59 Å². The van der Waals surface area contributed by atoms with Gasteiger partial charge < -0.3 is 15.4 Å². The number of nitrogens with zero attached hydrogens (tertiary/aromatic N) is 1. The molecule has 0 spiro atoms. The van der Waals surface area contributed by atoms with E-state index in [0.29, 0.717) is 13.1 Å². The second-order valence-electron chi connectivity index (χ2n) is 7.31. The minimum absolute atomic E-state index is 0. The first-order chi connectivity index (χ1) is 14.2. The summed E-state index contributed by atoms with van der Waals surface area (Å²) in [5.74, 6) is 2.53. The number of amides is 2. The second kappa shape index (κ2) is 10.7. The number of halogens is 1. The lowest BCUT2D eigenvalue weighted by Crippen LogP contribution is -2.52. The maximum atomic E-state index is 12.8. The number of ether oxygens (including phenoxy) is 1. The number of piperazine rings is 1. The lowest BCUT2D eigenvalue weighted by molar-refractivity contribution is -0.124. The van der Waals surface area contributed by atoms with Crippen molar-refractivity contribution in [1.82, 2.24) is 15.5 Å². The van der Waals surface area contributed by atoms with Crippen LogP contribution in [-0.2, 0) is 9.59 Å². The summed E-state index contributed by atoms with van der Waals surface area (Å²) in [6.45, 7) is 2.63. The van der Waals surface area contributed by atoms with Gasteiger partial charge in [0, 0.05) is 25.7 Å². The normalized spacial score (nSPS) is 22.3. The molecule has 0 radical (unpaired) electrons. The Bertz CT molecular complexity index is 850. The van der Waals surface area contributed by atoms with Gasteiger partial charge in [0.1, 0.15) is 16.7 Å². The molecule has 2 N–H and O–H groups in total. The number of benzene rings is 2. The summed E-state index contributed by atoms with van der Waals surface area (Å²) < 4.78 is 5.84. The SMILES string of the molecule is Cl.O=C1CN(C[C@@H]2CCS[C@H](c3ccc(Oc4ccccc4)cc3)C(=O)N2)CCN1. The Labute approximate surface area is 187 Å². The zero-order chi connectivity index (χ0) is 20.1. The molecule has 160 valence electrons. The summed E-state index contributed by atoms with van der Waals surface area (Å²) in [7, 11) is 0. The predicted molar refractivity (Wildman–Crippen MR) is 121 cm³/mol. The Kier molecular flexibility index (Phi) is 8.01. The van der Waals surface area contributed by atoms with E-state index in [-0.39, 0.29) is 35.5 Å². The van der Waals surface area contributed by atoms with Crippen molar-refractivity contribution in [2.24, 2.45) is 0 Å². The van der Waals surface area contributed by atoms with Crippen LogP contribution >= 0.6 is 24.2 Å². The van der Waals surface area contributed by atoms with Gasteiger partial charge in [-0.25, -0.2) is 0 Å². The molecule has 0 saturated carbocycles. The molecule has 2 aromatic carbocycles. The van der Waals surface area contributed by atoms with E-state index in [2.05, 4.69) is 15.5 Å². The molecule has 2 fully saturated rings. The van der Waals surface area contributed by atoms with Crippen LogP contribution < -0.4 is 15.4 Å². The second-order valence-corrected chi connectivity index (χ2v) is 8.53. The molecule has 30 heavy (non-hydrogen) atoms. The van der Waals surface area contributed by atoms with Crippen molar-refractivity contribution in [1.29, 1.82) is 0 Å². The third-order valence-electron chi connectivity index (χ3n) is 5.09. The van der Waals surface area contributed by atoms with Gasteiger partial charge in [-0.3, -0.25) is 14.5 Å². The van der Waals surface area contributed by atoms with Crippen molar-refractivity contribution in [2.45, 2.75) is 17.7 Å². The Morgan fingerprint density at radius 3 is 2.50 bits per heavy atom. The third-order valence-corrected chi connectivity index (χ3v) is 6.38. The average molecular weight is 448 g/mol. The Morgan fingerprint density at radius 1 is 1.03 bits per heavy atom. The highest BCUT2D eigenvalue weighted by Crippen LogP contribution is 2.33. The molecular formula is C22H26ClN3O3S. The molecule has 2 amide bonds. The largest absolute Gasteiger partial charge is 0.457 e. The number of carbonyl (C=O) groups is 2. The van der Waals surface area contributed by atoms with Crippen molar-refractivity contribution < 1.29 is 14.3 Å². The lowest BCUT2D eigenvalue weighted by atomic mass is 10.1. The number of carbonyl (C=O) groups excluding carboxylic acids is 2. The molecule has 0 aliphatic carbocycles. The summed E-state index contributed by atoms with van der Waals surface area (Å²) in [5.41, 5.74) is 0.978. The van der Waals surface area contributed by atoms with Crippen molar-refractivity contribution in [3.05, 3.63) is 60.2 Å². The summed E-state index contributed by atoms with van der Waals surface area (Å²) >= 11 is 1.67. The van der Waals surface area contributed by atoms with Gasteiger partial charge in [-0.2, -0.15) is 0 Å². The van der Waals surface area contributed by atoms with E-state index < -0.39 is 0 Å². The summed E-state index contributed by atoms with van der Waals surface area (Å²) in [5, 5.41) is 5.79. The van der Waals surface area contributed by atoms with E-state index >= 15 is 0 Å². The molecule has 6 nitrogen and oxygen atoms in total. The first kappa shape index (κ1) is 22.5. The quantitative estimate of drug-likeness (QED) is 0.737. The van der Waals surface area contributed by atoms with Crippen molar-refractivity contribution in [2.75, 3.05) is 31.9 Å². The molecule has 2 aliphatic rings. The number of para-hydroxylation sites is 1. The number of hydrogen-bond acceptors (Lipinski definition) is 5. The molecule has 8 heteroatoms. The predicted octanol–water partition coefficient (Wildman–Crippen LogP) is 3.00. The summed E-state index contributed by atoms with van der Waals surface area (Å²) in [6, 6.07) is 17.5. The zero-order valence-electron chi connectivity index (χ0n) is 16.6. The highest BCUT2D eigenvalue weighted by Gasteiger charge is 2.29. The van der Waals surface area contributed by atoms with Crippen LogP contribution in [0.1, 0.15) is 17.2 Å². The van der Waals surface area contributed by atoms with Crippen LogP contribution in [0.4, 0.5) is 0 Å². The van der Waals surface area contributed by atoms with Crippen LogP contribution in [0.15, 0.2) is 54.6 Å². The number of nitrogens with one attached hydrogen (secondary N) is 2. The van der Waals surface area contributed by atoms with Gasteiger partial charge in [-0.1, -0.05) is 30.3 Å². The average Bonchev–Trinajstić information content (AvgIpc) is 2.90. The maximum Gasteiger partial charge on any atom is 0.237 e. The van der Waals surface area contributed by atoms with Crippen LogP contribution in [0.3, 0.4) is 0 Å². The van der Waals surface area contributed by atoms with Crippen molar-refractivity contribution in [3.63, 3.8) is 0 Å². The van der Waals surface area contributed by atoms with Crippen LogP contribution in [0, 0.1) is 0 Å². The Hall–Kier alpha value is -2.22. The number of thioether (sulfide) groups is 1. The van der Waals surface area contributed by atoms with Crippen LogP contribution in [0.2, 0.25) is 0 Å². The lowest BCUT2D eigenvalue weighted by Gasteiger charge is -2.30.